The average molecular weight is 575 g/mol. The number of unbranched alkanes of at least 4 members (excludes halogenated alkanes) is 1. The van der Waals surface area contributed by atoms with Crippen molar-refractivity contribution in [3.8, 4) is 28.8 Å². The van der Waals surface area contributed by atoms with Gasteiger partial charge in [-0.05, 0) is 67.8 Å². The van der Waals surface area contributed by atoms with Crippen LogP contribution in [0.1, 0.15) is 43.4 Å². The van der Waals surface area contributed by atoms with Gasteiger partial charge in [0.15, 0.2) is 11.6 Å². The highest BCUT2D eigenvalue weighted by Crippen LogP contribution is 2.33. The summed E-state index contributed by atoms with van der Waals surface area (Å²) < 4.78 is 22.4. The van der Waals surface area contributed by atoms with E-state index in [1.807, 2.05) is 74.5 Å². The SMILES string of the molecule is CCCCOc1ccc(-c2nn(-c3ccccc3)cc2/C=C2/C(=O)N(Cc3ccc(C)cc3)C(=O)C(C#N)=C2C)cc1F. The molecule has 1 aromatic heterocycles. The number of halogens is 1. The van der Waals surface area contributed by atoms with Crippen LogP contribution in [0.5, 0.6) is 5.75 Å². The van der Waals surface area contributed by atoms with Crippen molar-refractivity contribution in [3.63, 3.8) is 0 Å². The number of hydrogen-bond acceptors (Lipinski definition) is 5. The van der Waals surface area contributed by atoms with Crippen molar-refractivity contribution >= 4 is 17.9 Å². The van der Waals surface area contributed by atoms with Crippen LogP contribution in [-0.4, -0.2) is 33.1 Å². The van der Waals surface area contributed by atoms with E-state index in [1.165, 1.54) is 6.07 Å². The molecule has 0 saturated carbocycles. The first-order valence-corrected chi connectivity index (χ1v) is 14.1. The lowest BCUT2D eigenvalue weighted by molar-refractivity contribution is -0.141. The average Bonchev–Trinajstić information content (AvgIpc) is 3.44. The van der Waals surface area contributed by atoms with Crippen LogP contribution in [0, 0.1) is 24.1 Å². The molecular weight excluding hydrogens is 543 g/mol. The number of carbonyl (C=O) groups is 2. The molecule has 0 N–H and O–H groups in total. The molecule has 0 aliphatic carbocycles. The van der Waals surface area contributed by atoms with Crippen molar-refractivity contribution in [2.45, 2.75) is 40.2 Å². The van der Waals surface area contributed by atoms with Crippen LogP contribution in [0.2, 0.25) is 0 Å². The molecule has 1 aliphatic heterocycles. The summed E-state index contributed by atoms with van der Waals surface area (Å²) in [5, 5.41) is 14.6. The van der Waals surface area contributed by atoms with Gasteiger partial charge in [0.2, 0.25) is 0 Å². The summed E-state index contributed by atoms with van der Waals surface area (Å²) in [4.78, 5) is 28.1. The van der Waals surface area contributed by atoms with Crippen molar-refractivity contribution in [2.24, 2.45) is 0 Å². The number of para-hydroxylation sites is 1. The topological polar surface area (TPSA) is 88.2 Å². The Morgan fingerprint density at radius 3 is 2.42 bits per heavy atom. The molecule has 0 fully saturated rings. The van der Waals surface area contributed by atoms with Crippen LogP contribution in [-0.2, 0) is 16.1 Å². The Balaban J connectivity index is 1.61. The summed E-state index contributed by atoms with van der Waals surface area (Å²) in [6.07, 6.45) is 5.11. The Bertz CT molecular complexity index is 1780. The van der Waals surface area contributed by atoms with Gasteiger partial charge in [0.25, 0.3) is 11.8 Å². The van der Waals surface area contributed by atoms with Crippen molar-refractivity contribution in [2.75, 3.05) is 6.61 Å². The molecule has 1 aliphatic rings. The lowest BCUT2D eigenvalue weighted by Gasteiger charge is -2.27. The fraction of sp³-hybridized carbons (Fsp3) is 0.200. The number of imide groups is 1. The molecule has 216 valence electrons. The van der Waals surface area contributed by atoms with Crippen LogP contribution in [0.15, 0.2) is 95.7 Å². The third-order valence-electron chi connectivity index (χ3n) is 7.31. The molecule has 0 atom stereocenters. The Labute approximate surface area is 250 Å². The van der Waals surface area contributed by atoms with E-state index < -0.39 is 17.6 Å². The fourth-order valence-electron chi connectivity index (χ4n) is 4.83. The van der Waals surface area contributed by atoms with Gasteiger partial charge in [0.05, 0.1) is 18.8 Å². The minimum atomic E-state index is -0.635. The Morgan fingerprint density at radius 2 is 1.74 bits per heavy atom. The molecular formula is C35H31FN4O3. The maximum Gasteiger partial charge on any atom is 0.271 e. The summed E-state index contributed by atoms with van der Waals surface area (Å²) >= 11 is 0. The first-order valence-electron chi connectivity index (χ1n) is 14.1. The summed E-state index contributed by atoms with van der Waals surface area (Å²) in [5.41, 5.74) is 4.38. The second kappa shape index (κ2) is 12.7. The number of ether oxygens (including phenoxy) is 1. The number of hydrogen-bond donors (Lipinski definition) is 0. The summed E-state index contributed by atoms with van der Waals surface area (Å²) in [7, 11) is 0. The second-order valence-electron chi connectivity index (χ2n) is 10.4. The molecule has 0 bridgehead atoms. The van der Waals surface area contributed by atoms with Crippen LogP contribution in [0.4, 0.5) is 4.39 Å². The summed E-state index contributed by atoms with van der Waals surface area (Å²) in [6.45, 7) is 6.02. The van der Waals surface area contributed by atoms with E-state index in [1.54, 1.807) is 36.0 Å². The minimum Gasteiger partial charge on any atom is -0.491 e. The summed E-state index contributed by atoms with van der Waals surface area (Å²) in [5.74, 6) is -1.52. The maximum absolute atomic E-state index is 15.1. The van der Waals surface area contributed by atoms with Gasteiger partial charge in [-0.25, -0.2) is 9.07 Å². The first-order chi connectivity index (χ1) is 20.8. The third kappa shape index (κ3) is 6.16. The zero-order valence-electron chi connectivity index (χ0n) is 24.3. The standard InChI is InChI=1S/C35H31FN4O3/c1-4-5-17-43-32-16-15-26(19-31(32)36)33-27(22-40(38-33)28-9-7-6-8-10-28)18-29-24(3)30(20-37)35(42)39(34(29)41)21-25-13-11-23(2)12-14-25/h6-16,18-19,22H,4-5,17,21H2,1-3H3/b29-18+. The molecule has 2 heterocycles. The Hall–Kier alpha value is -5.29. The maximum atomic E-state index is 15.1. The Morgan fingerprint density at radius 1 is 1.00 bits per heavy atom. The van der Waals surface area contributed by atoms with Gasteiger partial charge in [-0.3, -0.25) is 14.5 Å². The molecule has 4 aromatic rings. The number of benzene rings is 3. The van der Waals surface area contributed by atoms with E-state index in [-0.39, 0.29) is 29.0 Å². The zero-order chi connectivity index (χ0) is 30.5. The highest BCUT2D eigenvalue weighted by Gasteiger charge is 2.35. The number of amides is 2. The van der Waals surface area contributed by atoms with Crippen LogP contribution in [0.3, 0.4) is 0 Å². The predicted molar refractivity (Wildman–Crippen MR) is 162 cm³/mol. The van der Waals surface area contributed by atoms with Crippen LogP contribution < -0.4 is 4.74 Å². The number of carbonyl (C=O) groups excluding carboxylic acids is 2. The van der Waals surface area contributed by atoms with Gasteiger partial charge < -0.3 is 4.74 Å². The van der Waals surface area contributed by atoms with Gasteiger partial charge in [0.1, 0.15) is 17.3 Å². The van der Waals surface area contributed by atoms with Gasteiger partial charge in [0, 0.05) is 22.9 Å². The molecule has 8 heteroatoms. The van der Waals surface area contributed by atoms with Gasteiger partial charge in [-0.2, -0.15) is 10.4 Å². The minimum absolute atomic E-state index is 0.0224. The fourth-order valence-corrected chi connectivity index (χ4v) is 4.83. The van der Waals surface area contributed by atoms with E-state index >= 15 is 4.39 Å². The molecule has 0 radical (unpaired) electrons. The van der Waals surface area contributed by atoms with Crippen molar-refractivity contribution in [1.82, 2.24) is 14.7 Å². The third-order valence-corrected chi connectivity index (χ3v) is 7.31. The number of aromatic nitrogens is 2. The van der Waals surface area contributed by atoms with Crippen LogP contribution >= 0.6 is 0 Å². The normalized spacial score (nSPS) is 14.4. The van der Waals surface area contributed by atoms with E-state index in [9.17, 15) is 14.9 Å². The van der Waals surface area contributed by atoms with E-state index in [0.29, 0.717) is 23.4 Å². The predicted octanol–water partition coefficient (Wildman–Crippen LogP) is 6.96. The van der Waals surface area contributed by atoms with Crippen molar-refractivity contribution in [3.05, 3.63) is 118 Å². The first kappa shape index (κ1) is 29.2. The quantitative estimate of drug-likeness (QED) is 0.123. The second-order valence-corrected chi connectivity index (χ2v) is 10.4. The zero-order valence-corrected chi connectivity index (χ0v) is 24.3. The van der Waals surface area contributed by atoms with E-state index in [0.717, 1.165) is 34.6 Å². The molecule has 43 heavy (non-hydrogen) atoms. The smallest absolute Gasteiger partial charge is 0.271 e. The molecule has 2 amide bonds. The summed E-state index contributed by atoms with van der Waals surface area (Å²) in [6, 6.07) is 23.6. The number of aryl methyl sites for hydroxylation is 1. The molecule has 0 spiro atoms. The largest absolute Gasteiger partial charge is 0.491 e. The number of rotatable bonds is 9. The van der Waals surface area contributed by atoms with Gasteiger partial charge in [-0.1, -0.05) is 61.4 Å². The van der Waals surface area contributed by atoms with E-state index in [2.05, 4.69) is 0 Å². The molecule has 0 unspecified atom stereocenters. The van der Waals surface area contributed by atoms with Gasteiger partial charge >= 0.3 is 0 Å². The number of nitriles is 1. The molecule has 0 saturated heterocycles. The van der Waals surface area contributed by atoms with Gasteiger partial charge in [-0.15, -0.1) is 0 Å². The Kier molecular flexibility index (Phi) is 8.63. The van der Waals surface area contributed by atoms with Crippen molar-refractivity contribution in [1.29, 1.82) is 5.26 Å². The lowest BCUT2D eigenvalue weighted by Crippen LogP contribution is -2.42. The highest BCUT2D eigenvalue weighted by atomic mass is 19.1. The lowest BCUT2D eigenvalue weighted by atomic mass is 9.93. The monoisotopic (exact) mass is 574 g/mol. The molecule has 3 aromatic carbocycles. The molecule has 7 nitrogen and oxygen atoms in total. The van der Waals surface area contributed by atoms with Crippen LogP contribution in [0.25, 0.3) is 23.0 Å². The van der Waals surface area contributed by atoms with Crippen molar-refractivity contribution < 1.29 is 18.7 Å². The molecule has 5 rings (SSSR count). The highest BCUT2D eigenvalue weighted by molar-refractivity contribution is 6.19. The number of nitrogens with zero attached hydrogens (tertiary/aromatic N) is 4. The van der Waals surface area contributed by atoms with E-state index in [4.69, 9.17) is 9.84 Å².